The molecule has 0 spiro atoms. The van der Waals surface area contributed by atoms with Crippen LogP contribution in [0.5, 0.6) is 5.75 Å². The van der Waals surface area contributed by atoms with Crippen LogP contribution in [0.1, 0.15) is 64.7 Å². The van der Waals surface area contributed by atoms with Crippen LogP contribution in [0.2, 0.25) is 0 Å². The molecule has 6 heteroatoms. The third-order valence-electron chi connectivity index (χ3n) is 13.5. The minimum atomic E-state index is 0.523. The van der Waals surface area contributed by atoms with Gasteiger partial charge in [0.25, 0.3) is 0 Å². The van der Waals surface area contributed by atoms with Crippen molar-refractivity contribution in [1.82, 2.24) is 0 Å². The average molecular weight is 913 g/mol. The monoisotopic (exact) mass is 912 g/mol. The largest absolute Gasteiger partial charge is 0.465 e. The summed E-state index contributed by atoms with van der Waals surface area (Å²) in [5, 5.41) is 6.19. The minimum Gasteiger partial charge on any atom is -0.465 e. The Morgan fingerprint density at radius 2 is 1.30 bits per heavy atom. The van der Waals surface area contributed by atoms with Gasteiger partial charge in [0.05, 0.1) is 0 Å². The fraction of sp³-hybridized carbons (Fsp3) is 0.0938. The fourth-order valence-electron chi connectivity index (χ4n) is 10.2. The molecular formula is C64H48O6. The molecule has 10 aromatic rings. The number of rotatable bonds is 7. The van der Waals surface area contributed by atoms with Gasteiger partial charge in [-0.2, -0.15) is 0 Å². The molecule has 0 bridgehead atoms. The molecule has 0 saturated heterocycles. The topological polar surface area (TPSA) is 74.9 Å². The fourth-order valence-corrected chi connectivity index (χ4v) is 10.2. The maximum Gasteiger partial charge on any atom is 0.136 e. The van der Waals surface area contributed by atoms with Crippen molar-refractivity contribution >= 4 is 90.3 Å². The Bertz CT molecular complexity index is 4130. The molecule has 12 rings (SSSR count). The van der Waals surface area contributed by atoms with Crippen molar-refractivity contribution in [3.8, 4) is 16.9 Å². The molecule has 0 N–H and O–H groups in total. The summed E-state index contributed by atoms with van der Waals surface area (Å²) in [5.41, 5.74) is 14.1. The van der Waals surface area contributed by atoms with Crippen molar-refractivity contribution in [2.45, 2.75) is 40.0 Å². The van der Waals surface area contributed by atoms with Crippen molar-refractivity contribution in [2.24, 2.45) is 0 Å². The van der Waals surface area contributed by atoms with Crippen LogP contribution in [0.4, 0.5) is 0 Å². The summed E-state index contributed by atoms with van der Waals surface area (Å²) in [5.74, 6) is 4.70. The molecule has 340 valence electrons. The Balaban J connectivity index is 1.11. The van der Waals surface area contributed by atoms with Crippen molar-refractivity contribution in [3.05, 3.63) is 232 Å². The molecule has 0 amide bonds. The first-order valence-electron chi connectivity index (χ1n) is 23.8. The van der Waals surface area contributed by atoms with E-state index in [0.29, 0.717) is 25.0 Å². The van der Waals surface area contributed by atoms with Crippen LogP contribution < -0.4 is 15.4 Å². The SMILES string of the molecule is C=C/C=C\c1c(C)oc(CC)c1-c1c(CC)oc2/c1=C\C=C(c1ccc3c(c1)Cc1c(oc4ccccc14)/C=C\C(=C)O3)/C=C(c1ccc3oc4ccc5oc6ccccc6c5c4c3c1)\C=C\C=C\C=2. The molecule has 0 fully saturated rings. The lowest BCUT2D eigenvalue weighted by molar-refractivity contribution is 0.443. The molecule has 0 atom stereocenters. The first-order chi connectivity index (χ1) is 34.4. The zero-order valence-corrected chi connectivity index (χ0v) is 39.2. The number of para-hydroxylation sites is 2. The third kappa shape index (κ3) is 7.28. The molecule has 1 aliphatic carbocycles. The molecule has 5 aromatic heterocycles. The van der Waals surface area contributed by atoms with Crippen LogP contribution in [-0.4, -0.2) is 0 Å². The molecule has 6 heterocycles. The lowest BCUT2D eigenvalue weighted by Crippen LogP contribution is -2.21. The lowest BCUT2D eigenvalue weighted by Gasteiger charge is -2.14. The summed E-state index contributed by atoms with van der Waals surface area (Å²) in [7, 11) is 0. The van der Waals surface area contributed by atoms with E-state index in [-0.39, 0.29) is 0 Å². The van der Waals surface area contributed by atoms with E-state index < -0.39 is 0 Å². The van der Waals surface area contributed by atoms with Crippen LogP contribution >= 0.6 is 0 Å². The third-order valence-corrected chi connectivity index (χ3v) is 13.5. The molecule has 0 unspecified atom stereocenters. The second-order valence-corrected chi connectivity index (χ2v) is 17.7. The first kappa shape index (κ1) is 42.6. The normalized spacial score (nSPS) is 17.9. The van der Waals surface area contributed by atoms with Crippen LogP contribution in [0.15, 0.2) is 193 Å². The number of ether oxygens (including phenoxy) is 1. The highest BCUT2D eigenvalue weighted by molar-refractivity contribution is 6.26. The number of hydrogen-bond donors (Lipinski definition) is 0. The van der Waals surface area contributed by atoms with E-state index in [1.54, 1.807) is 6.08 Å². The molecule has 6 nitrogen and oxygen atoms in total. The van der Waals surface area contributed by atoms with E-state index in [2.05, 4.69) is 136 Å². The van der Waals surface area contributed by atoms with Crippen molar-refractivity contribution in [2.75, 3.05) is 0 Å². The van der Waals surface area contributed by atoms with Gasteiger partial charge in [0.1, 0.15) is 67.9 Å². The van der Waals surface area contributed by atoms with E-state index >= 15 is 0 Å². The summed E-state index contributed by atoms with van der Waals surface area (Å²) in [6.07, 6.45) is 28.7. The maximum absolute atomic E-state index is 6.80. The number of aryl methyl sites for hydroxylation is 3. The second-order valence-electron chi connectivity index (χ2n) is 17.7. The summed E-state index contributed by atoms with van der Waals surface area (Å²) >= 11 is 0. The van der Waals surface area contributed by atoms with Gasteiger partial charge in [-0.05, 0) is 114 Å². The van der Waals surface area contributed by atoms with Crippen LogP contribution in [0, 0.1) is 6.92 Å². The number of fused-ring (bicyclic) bond motifs is 12. The van der Waals surface area contributed by atoms with Gasteiger partial charge in [-0.25, -0.2) is 0 Å². The highest BCUT2D eigenvalue weighted by atomic mass is 16.5. The van der Waals surface area contributed by atoms with Crippen molar-refractivity contribution in [1.29, 1.82) is 0 Å². The molecule has 0 saturated carbocycles. The van der Waals surface area contributed by atoms with E-state index in [1.807, 2.05) is 67.6 Å². The Kier molecular flexibility index (Phi) is 10.6. The van der Waals surface area contributed by atoms with Gasteiger partial charge in [-0.1, -0.05) is 124 Å². The average Bonchev–Trinajstić information content (AvgIpc) is 4.19. The summed E-state index contributed by atoms with van der Waals surface area (Å²) < 4.78 is 39.0. The van der Waals surface area contributed by atoms with Crippen molar-refractivity contribution < 1.29 is 26.8 Å². The van der Waals surface area contributed by atoms with Gasteiger partial charge in [-0.3, -0.25) is 0 Å². The van der Waals surface area contributed by atoms with Gasteiger partial charge in [0.15, 0.2) is 0 Å². The standard InChI is InChI=1S/C64H48O6/c1-6-9-18-45-39(5)66-51(7-2)61(45)62-48-28-25-41(42-26-30-53-44(35-42)37-49-46-19-13-15-22-54(46)68-57(49)29-24-38(4)65-53)34-40(17-11-10-12-21-56(48)67-52(62)8-3)43-27-31-58-50(36-43)64-60(70-58)33-32-59-63(64)47-20-14-16-23-55(47)69-59/h6,9-36H,1,4,7-8,37H2,2-3,5H3/b11-10?,12-10+,17-11+,18-9-,21-12?,28-25?,29-24-,40-17?,40-34+,41-25+,41-34?,48-28+,56-21+. The number of allylic oxidation sites excluding steroid dienone is 11. The van der Waals surface area contributed by atoms with Crippen molar-refractivity contribution in [3.63, 3.8) is 0 Å². The van der Waals surface area contributed by atoms with Gasteiger partial charge in [0.2, 0.25) is 0 Å². The van der Waals surface area contributed by atoms with Crippen LogP contribution in [-0.2, 0) is 19.3 Å². The van der Waals surface area contributed by atoms with Gasteiger partial charge in [0, 0.05) is 73.7 Å². The highest BCUT2D eigenvalue weighted by Gasteiger charge is 2.24. The van der Waals surface area contributed by atoms with E-state index in [4.69, 9.17) is 26.8 Å². The van der Waals surface area contributed by atoms with Gasteiger partial charge in [-0.15, -0.1) is 0 Å². The Labute approximate surface area is 404 Å². The Hall–Kier alpha value is -8.74. The van der Waals surface area contributed by atoms with E-state index in [0.717, 1.165) is 144 Å². The van der Waals surface area contributed by atoms with Crippen LogP contribution in [0.3, 0.4) is 0 Å². The molecule has 5 aromatic carbocycles. The number of benzene rings is 5. The molecule has 1 aliphatic heterocycles. The van der Waals surface area contributed by atoms with Gasteiger partial charge >= 0.3 is 0 Å². The predicted octanol–water partition coefficient (Wildman–Crippen LogP) is 16.1. The second kappa shape index (κ2) is 17.4. The summed E-state index contributed by atoms with van der Waals surface area (Å²) in [6, 6.07) is 33.3. The highest BCUT2D eigenvalue weighted by Crippen LogP contribution is 2.42. The summed E-state index contributed by atoms with van der Waals surface area (Å²) in [6.45, 7) is 14.5. The lowest BCUT2D eigenvalue weighted by atomic mass is 9.93. The predicted molar refractivity (Wildman–Crippen MR) is 287 cm³/mol. The zero-order chi connectivity index (χ0) is 47.5. The van der Waals surface area contributed by atoms with Gasteiger partial charge < -0.3 is 26.8 Å². The molecule has 70 heavy (non-hydrogen) atoms. The molecule has 0 radical (unpaired) electrons. The molecule has 2 aliphatic rings. The number of furan rings is 5. The van der Waals surface area contributed by atoms with Crippen LogP contribution in [0.25, 0.3) is 101 Å². The zero-order valence-electron chi connectivity index (χ0n) is 39.2. The first-order valence-corrected chi connectivity index (χ1v) is 23.8. The Morgan fingerprint density at radius 3 is 2.10 bits per heavy atom. The van der Waals surface area contributed by atoms with E-state index in [1.165, 1.54) is 0 Å². The Morgan fingerprint density at radius 1 is 0.600 bits per heavy atom. The van der Waals surface area contributed by atoms with E-state index in [9.17, 15) is 0 Å². The maximum atomic E-state index is 6.80. The smallest absolute Gasteiger partial charge is 0.136 e. The quantitative estimate of drug-likeness (QED) is 0.148. The number of hydrogen-bond acceptors (Lipinski definition) is 6. The summed E-state index contributed by atoms with van der Waals surface area (Å²) in [4.78, 5) is 0. The minimum absolute atomic E-state index is 0.523. The molecular weight excluding hydrogens is 865 g/mol.